The Balaban J connectivity index is 2.43. The Morgan fingerprint density at radius 1 is 1.00 bits per heavy atom. The van der Waals surface area contributed by atoms with Crippen molar-refractivity contribution in [3.8, 4) is 11.5 Å². The van der Waals surface area contributed by atoms with Crippen LogP contribution in [0.1, 0.15) is 41.5 Å². The van der Waals surface area contributed by atoms with E-state index in [9.17, 15) is 5.11 Å². The van der Waals surface area contributed by atoms with Gasteiger partial charge in [0.25, 0.3) is 8.32 Å². The van der Waals surface area contributed by atoms with E-state index in [2.05, 4.69) is 41.5 Å². The van der Waals surface area contributed by atoms with Gasteiger partial charge in [0.1, 0.15) is 17.6 Å². The molecule has 0 spiro atoms. The molecule has 3 nitrogen and oxygen atoms in total. The molecule has 4 heteroatoms. The van der Waals surface area contributed by atoms with Gasteiger partial charge in [-0.3, -0.25) is 0 Å². The van der Waals surface area contributed by atoms with Gasteiger partial charge in [0.2, 0.25) is 0 Å². The SMILES string of the molecule is CC(C)[Si](Oc1ccc2c(O)coc2c1)(C(C)C)C(C)C. The first kappa shape index (κ1) is 16.0. The van der Waals surface area contributed by atoms with Crippen molar-refractivity contribution < 1.29 is 13.9 Å². The van der Waals surface area contributed by atoms with Crippen LogP contribution in [0.2, 0.25) is 16.6 Å². The third-order valence-electron chi connectivity index (χ3n) is 4.53. The van der Waals surface area contributed by atoms with Gasteiger partial charge in [-0.15, -0.1) is 0 Å². The zero-order chi connectivity index (χ0) is 15.8. The average molecular weight is 306 g/mol. The Hall–Kier alpha value is -1.42. The molecule has 0 amide bonds. The molecule has 0 aliphatic rings. The van der Waals surface area contributed by atoms with Crippen molar-refractivity contribution in [3.05, 3.63) is 24.5 Å². The maximum Gasteiger partial charge on any atom is 0.258 e. The number of furan rings is 1. The molecule has 0 fully saturated rings. The summed E-state index contributed by atoms with van der Waals surface area (Å²) in [5.74, 6) is 1.02. The van der Waals surface area contributed by atoms with Crippen LogP contribution in [-0.4, -0.2) is 13.4 Å². The Bertz CT molecular complexity index is 592. The summed E-state index contributed by atoms with van der Waals surface area (Å²) < 4.78 is 12.0. The minimum absolute atomic E-state index is 0.177. The fourth-order valence-electron chi connectivity index (χ4n) is 3.62. The summed E-state index contributed by atoms with van der Waals surface area (Å²) in [5.41, 5.74) is 2.25. The minimum Gasteiger partial charge on any atom is -0.543 e. The van der Waals surface area contributed by atoms with E-state index in [0.717, 1.165) is 11.1 Å². The van der Waals surface area contributed by atoms with E-state index in [1.165, 1.54) is 6.26 Å². The molecular weight excluding hydrogens is 280 g/mol. The number of hydrogen-bond donors (Lipinski definition) is 1. The molecule has 2 rings (SSSR count). The van der Waals surface area contributed by atoms with Gasteiger partial charge in [-0.05, 0) is 28.8 Å². The van der Waals surface area contributed by atoms with Gasteiger partial charge in [0.15, 0.2) is 5.75 Å². The summed E-state index contributed by atoms with van der Waals surface area (Å²) in [5, 5.41) is 10.4. The molecule has 0 bridgehead atoms. The lowest BCUT2D eigenvalue weighted by Crippen LogP contribution is -2.50. The highest BCUT2D eigenvalue weighted by Gasteiger charge is 2.47. The molecule has 1 N–H and O–H groups in total. The second kappa shape index (κ2) is 5.76. The predicted molar refractivity (Wildman–Crippen MR) is 89.6 cm³/mol. The van der Waals surface area contributed by atoms with Gasteiger partial charge in [-0.25, -0.2) is 0 Å². The summed E-state index contributed by atoms with van der Waals surface area (Å²) in [4.78, 5) is 0. The minimum atomic E-state index is -1.95. The molecule has 0 radical (unpaired) electrons. The van der Waals surface area contributed by atoms with Crippen LogP contribution < -0.4 is 4.43 Å². The van der Waals surface area contributed by atoms with Crippen molar-refractivity contribution >= 4 is 19.3 Å². The molecule has 0 saturated carbocycles. The first-order chi connectivity index (χ1) is 9.79. The summed E-state index contributed by atoms with van der Waals surface area (Å²) in [6.07, 6.45) is 1.37. The molecule has 116 valence electrons. The van der Waals surface area contributed by atoms with Crippen LogP contribution >= 0.6 is 0 Å². The van der Waals surface area contributed by atoms with E-state index >= 15 is 0 Å². The van der Waals surface area contributed by atoms with Gasteiger partial charge < -0.3 is 13.9 Å². The Morgan fingerprint density at radius 2 is 1.57 bits per heavy atom. The molecule has 1 aromatic heterocycles. The van der Waals surface area contributed by atoms with Crippen LogP contribution in [0.15, 0.2) is 28.9 Å². The van der Waals surface area contributed by atoms with E-state index < -0.39 is 8.32 Å². The van der Waals surface area contributed by atoms with E-state index in [1.807, 2.05) is 18.2 Å². The Morgan fingerprint density at radius 3 is 2.10 bits per heavy atom. The van der Waals surface area contributed by atoms with Crippen molar-refractivity contribution in [2.75, 3.05) is 0 Å². The number of hydrogen-bond acceptors (Lipinski definition) is 3. The average Bonchev–Trinajstić information content (AvgIpc) is 2.76. The second-order valence-electron chi connectivity index (χ2n) is 6.70. The molecular formula is C17H26O3Si. The standard InChI is InChI=1S/C17H26O3Si/c1-11(2)21(12(3)4,13(5)6)20-14-7-8-15-16(18)10-19-17(15)9-14/h7-13,18H,1-6H3. The topological polar surface area (TPSA) is 42.6 Å². The number of rotatable bonds is 5. The highest BCUT2D eigenvalue weighted by Crippen LogP contribution is 2.43. The van der Waals surface area contributed by atoms with Crippen molar-refractivity contribution in [1.82, 2.24) is 0 Å². The van der Waals surface area contributed by atoms with Crippen LogP contribution in [0.25, 0.3) is 11.0 Å². The molecule has 0 saturated heterocycles. The molecule has 21 heavy (non-hydrogen) atoms. The van der Waals surface area contributed by atoms with Crippen LogP contribution in [-0.2, 0) is 0 Å². The van der Waals surface area contributed by atoms with Crippen LogP contribution in [0, 0.1) is 0 Å². The molecule has 0 atom stereocenters. The van der Waals surface area contributed by atoms with E-state index in [1.54, 1.807) is 0 Å². The first-order valence-electron chi connectivity index (χ1n) is 7.68. The maximum atomic E-state index is 9.67. The predicted octanol–water partition coefficient (Wildman–Crippen LogP) is 5.69. The summed E-state index contributed by atoms with van der Waals surface area (Å²) in [7, 11) is -1.95. The van der Waals surface area contributed by atoms with Crippen molar-refractivity contribution in [2.45, 2.75) is 58.2 Å². The van der Waals surface area contributed by atoms with Gasteiger partial charge in [-0.2, -0.15) is 0 Å². The molecule has 0 aliphatic heterocycles. The largest absolute Gasteiger partial charge is 0.543 e. The number of aromatic hydroxyl groups is 1. The van der Waals surface area contributed by atoms with Crippen molar-refractivity contribution in [3.63, 3.8) is 0 Å². The highest BCUT2D eigenvalue weighted by atomic mass is 28.4. The summed E-state index contributed by atoms with van der Waals surface area (Å²) in [6.45, 7) is 13.6. The lowest BCUT2D eigenvalue weighted by molar-refractivity contribution is 0.464. The third kappa shape index (κ3) is 2.69. The number of benzene rings is 1. The Labute approximate surface area is 128 Å². The molecule has 0 aliphatic carbocycles. The molecule has 1 heterocycles. The van der Waals surface area contributed by atoms with E-state index in [0.29, 0.717) is 22.2 Å². The van der Waals surface area contributed by atoms with E-state index in [4.69, 9.17) is 8.84 Å². The summed E-state index contributed by atoms with van der Waals surface area (Å²) >= 11 is 0. The quantitative estimate of drug-likeness (QED) is 0.721. The smallest absolute Gasteiger partial charge is 0.258 e. The summed E-state index contributed by atoms with van der Waals surface area (Å²) in [6, 6.07) is 5.69. The van der Waals surface area contributed by atoms with Gasteiger partial charge in [0, 0.05) is 6.07 Å². The molecule has 0 unspecified atom stereocenters. The first-order valence-corrected chi connectivity index (χ1v) is 9.82. The number of fused-ring (bicyclic) bond motifs is 1. The fourth-order valence-corrected chi connectivity index (χ4v) is 8.86. The third-order valence-corrected chi connectivity index (χ3v) is 10.5. The van der Waals surface area contributed by atoms with Crippen LogP contribution in [0.3, 0.4) is 0 Å². The van der Waals surface area contributed by atoms with Crippen molar-refractivity contribution in [1.29, 1.82) is 0 Å². The van der Waals surface area contributed by atoms with Crippen LogP contribution in [0.4, 0.5) is 0 Å². The fraction of sp³-hybridized carbons (Fsp3) is 0.529. The Kier molecular flexibility index (Phi) is 4.37. The van der Waals surface area contributed by atoms with E-state index in [-0.39, 0.29) is 5.75 Å². The zero-order valence-electron chi connectivity index (χ0n) is 13.8. The molecule has 1 aromatic carbocycles. The lowest BCUT2D eigenvalue weighted by Gasteiger charge is -2.42. The maximum absolute atomic E-state index is 9.67. The lowest BCUT2D eigenvalue weighted by atomic mass is 10.2. The zero-order valence-corrected chi connectivity index (χ0v) is 14.8. The second-order valence-corrected chi connectivity index (χ2v) is 12.1. The van der Waals surface area contributed by atoms with Crippen molar-refractivity contribution in [2.24, 2.45) is 0 Å². The highest BCUT2D eigenvalue weighted by molar-refractivity contribution is 6.78. The monoisotopic (exact) mass is 306 g/mol. The van der Waals surface area contributed by atoms with Gasteiger partial charge in [-0.1, -0.05) is 41.5 Å². The molecule has 2 aromatic rings. The van der Waals surface area contributed by atoms with Gasteiger partial charge >= 0.3 is 0 Å². The van der Waals surface area contributed by atoms with Gasteiger partial charge in [0.05, 0.1) is 5.39 Å². The van der Waals surface area contributed by atoms with Crippen LogP contribution in [0.5, 0.6) is 11.5 Å². The normalized spacial score (nSPS) is 12.8.